The van der Waals surface area contributed by atoms with Gasteiger partial charge in [0.05, 0.1) is 15.1 Å². The Morgan fingerprint density at radius 3 is 2.77 bits per heavy atom. The number of amides is 1. The molecule has 1 unspecified atom stereocenters. The molecular weight excluding hydrogens is 354 g/mol. The third-order valence-electron chi connectivity index (χ3n) is 3.29. The predicted octanol–water partition coefficient (Wildman–Crippen LogP) is 1.88. The molecular formula is C11H8ClN3O5S2. The Morgan fingerprint density at radius 1 is 1.45 bits per heavy atom. The van der Waals surface area contributed by atoms with Crippen molar-refractivity contribution < 1.29 is 18.1 Å². The minimum absolute atomic E-state index is 0.0629. The molecule has 2 aromatic rings. The van der Waals surface area contributed by atoms with Crippen molar-refractivity contribution in [2.45, 2.75) is 11.7 Å². The minimum Gasteiger partial charge on any atom is -0.287 e. The van der Waals surface area contributed by atoms with Gasteiger partial charge in [0.2, 0.25) is 15.0 Å². The van der Waals surface area contributed by atoms with Crippen molar-refractivity contribution in [3.05, 3.63) is 28.3 Å². The lowest BCUT2D eigenvalue weighted by atomic mass is 10.3. The van der Waals surface area contributed by atoms with Crippen LogP contribution in [-0.2, 0) is 13.8 Å². The summed E-state index contributed by atoms with van der Waals surface area (Å²) in [6.07, 6.45) is -0.193. The van der Waals surface area contributed by atoms with Gasteiger partial charge in [-0.3, -0.25) is 19.8 Å². The number of hydrogen-bond acceptors (Lipinski definition) is 7. The average molecular weight is 362 g/mol. The van der Waals surface area contributed by atoms with Crippen molar-refractivity contribution in [1.29, 1.82) is 0 Å². The summed E-state index contributed by atoms with van der Waals surface area (Å²) in [6, 6.07) is 4.18. The van der Waals surface area contributed by atoms with Gasteiger partial charge in [-0.15, -0.1) is 0 Å². The number of thiazole rings is 1. The first-order valence-corrected chi connectivity index (χ1v) is 9.23. The number of aromatic nitrogens is 1. The molecule has 8 nitrogen and oxygen atoms in total. The molecule has 1 aromatic heterocycles. The number of benzene rings is 1. The SMILES string of the molecule is O=C1CC(S(=O)(=O)Cl)CN1c1nc2ccc([N+](=O)[O-])cc2s1. The van der Waals surface area contributed by atoms with Gasteiger partial charge in [0, 0.05) is 35.8 Å². The summed E-state index contributed by atoms with van der Waals surface area (Å²) in [5.74, 6) is -0.386. The first kappa shape index (κ1) is 15.1. The topological polar surface area (TPSA) is 110 Å². The lowest BCUT2D eigenvalue weighted by molar-refractivity contribution is -0.384. The van der Waals surface area contributed by atoms with E-state index in [-0.39, 0.29) is 24.6 Å². The molecule has 0 saturated carbocycles. The highest BCUT2D eigenvalue weighted by atomic mass is 35.7. The van der Waals surface area contributed by atoms with Gasteiger partial charge < -0.3 is 0 Å². The lowest BCUT2D eigenvalue weighted by Crippen LogP contribution is -2.26. The third-order valence-corrected chi connectivity index (χ3v) is 6.20. The second kappa shape index (κ2) is 5.14. The molecule has 1 aliphatic heterocycles. The van der Waals surface area contributed by atoms with E-state index in [2.05, 4.69) is 4.98 Å². The summed E-state index contributed by atoms with van der Waals surface area (Å²) >= 11 is 1.09. The number of carbonyl (C=O) groups excluding carboxylic acids is 1. The van der Waals surface area contributed by atoms with E-state index in [1.54, 1.807) is 0 Å². The van der Waals surface area contributed by atoms with Crippen LogP contribution in [0.3, 0.4) is 0 Å². The summed E-state index contributed by atoms with van der Waals surface area (Å²) in [5.41, 5.74) is 0.437. The fourth-order valence-electron chi connectivity index (χ4n) is 2.18. The second-order valence-corrected chi connectivity index (χ2v) is 8.63. The van der Waals surface area contributed by atoms with Crippen LogP contribution in [0.15, 0.2) is 18.2 Å². The molecule has 0 N–H and O–H groups in total. The number of non-ortho nitro benzene ring substituents is 1. The largest absolute Gasteiger partial charge is 0.287 e. The number of carbonyl (C=O) groups is 1. The van der Waals surface area contributed by atoms with Gasteiger partial charge in [0.25, 0.3) is 5.69 Å². The molecule has 2 heterocycles. The average Bonchev–Trinajstić information content (AvgIpc) is 2.99. The van der Waals surface area contributed by atoms with Crippen molar-refractivity contribution in [3.63, 3.8) is 0 Å². The number of nitro benzene ring substituents is 1. The lowest BCUT2D eigenvalue weighted by Gasteiger charge is -2.11. The molecule has 1 atom stereocenters. The van der Waals surface area contributed by atoms with E-state index in [1.165, 1.54) is 23.1 Å². The Morgan fingerprint density at radius 2 is 2.18 bits per heavy atom. The van der Waals surface area contributed by atoms with Crippen molar-refractivity contribution >= 4 is 58.0 Å². The molecule has 1 aliphatic rings. The van der Waals surface area contributed by atoms with Crippen molar-refractivity contribution in [1.82, 2.24) is 4.98 Å². The molecule has 0 spiro atoms. The van der Waals surface area contributed by atoms with Crippen LogP contribution in [0.5, 0.6) is 0 Å². The van der Waals surface area contributed by atoms with Crippen molar-refractivity contribution in [2.75, 3.05) is 11.4 Å². The summed E-state index contributed by atoms with van der Waals surface area (Å²) in [6.45, 7) is -0.0629. The Kier molecular flexibility index (Phi) is 3.54. The number of halogens is 1. The molecule has 1 amide bonds. The van der Waals surface area contributed by atoms with Gasteiger partial charge in [-0.25, -0.2) is 13.4 Å². The standard InChI is InChI=1S/C11H8ClN3O5S2/c12-22(19,20)7-4-10(16)14(5-7)11-13-8-2-1-6(15(17)18)3-9(8)21-11/h1-3,7H,4-5H2. The van der Waals surface area contributed by atoms with E-state index >= 15 is 0 Å². The first-order valence-electron chi connectivity index (χ1n) is 6.04. The first-order chi connectivity index (χ1) is 10.3. The van der Waals surface area contributed by atoms with E-state index in [1.807, 2.05) is 0 Å². The minimum atomic E-state index is -3.83. The Bertz CT molecular complexity index is 894. The van der Waals surface area contributed by atoms with Crippen LogP contribution in [-0.4, -0.2) is 36.0 Å². The summed E-state index contributed by atoms with van der Waals surface area (Å²) < 4.78 is 23.2. The van der Waals surface area contributed by atoms with Gasteiger partial charge in [0.15, 0.2) is 5.13 Å². The van der Waals surface area contributed by atoms with E-state index in [0.29, 0.717) is 15.3 Å². The summed E-state index contributed by atoms with van der Waals surface area (Å²) in [7, 11) is 1.47. The van der Waals surface area contributed by atoms with E-state index in [0.717, 1.165) is 11.3 Å². The van der Waals surface area contributed by atoms with Gasteiger partial charge in [-0.05, 0) is 6.07 Å². The molecule has 0 bridgehead atoms. The number of anilines is 1. The molecule has 1 saturated heterocycles. The highest BCUT2D eigenvalue weighted by Gasteiger charge is 2.39. The predicted molar refractivity (Wildman–Crippen MR) is 81.8 cm³/mol. The van der Waals surface area contributed by atoms with Crippen molar-refractivity contribution in [3.8, 4) is 0 Å². The highest BCUT2D eigenvalue weighted by molar-refractivity contribution is 8.14. The number of nitrogens with zero attached hydrogens (tertiary/aromatic N) is 3. The molecule has 1 aromatic carbocycles. The van der Waals surface area contributed by atoms with Crippen LogP contribution >= 0.6 is 22.0 Å². The zero-order valence-corrected chi connectivity index (χ0v) is 13.2. The van der Waals surface area contributed by atoms with Crippen molar-refractivity contribution in [2.24, 2.45) is 0 Å². The molecule has 22 heavy (non-hydrogen) atoms. The van der Waals surface area contributed by atoms with Crippen LogP contribution in [0.25, 0.3) is 10.2 Å². The highest BCUT2D eigenvalue weighted by Crippen LogP contribution is 2.34. The maximum atomic E-state index is 11.9. The molecule has 116 valence electrons. The fraction of sp³-hybridized carbons (Fsp3) is 0.273. The van der Waals surface area contributed by atoms with E-state index < -0.39 is 19.2 Å². The van der Waals surface area contributed by atoms with E-state index in [9.17, 15) is 23.3 Å². The summed E-state index contributed by atoms with van der Waals surface area (Å²) in [5, 5.41) is 10.1. The maximum absolute atomic E-state index is 11.9. The molecule has 1 fully saturated rings. The normalized spacial score (nSPS) is 19.0. The Balaban J connectivity index is 1.97. The van der Waals surface area contributed by atoms with Gasteiger partial charge in [0.1, 0.15) is 5.25 Å². The number of nitro groups is 1. The number of fused-ring (bicyclic) bond motifs is 1. The van der Waals surface area contributed by atoms with Crippen LogP contribution in [0, 0.1) is 10.1 Å². The Hall–Kier alpha value is -1.78. The molecule has 0 aliphatic carbocycles. The van der Waals surface area contributed by atoms with Gasteiger partial charge in [-0.1, -0.05) is 11.3 Å². The Labute approximate surface area is 132 Å². The van der Waals surface area contributed by atoms with Crippen LogP contribution in [0.1, 0.15) is 6.42 Å². The van der Waals surface area contributed by atoms with Crippen LogP contribution < -0.4 is 4.90 Å². The van der Waals surface area contributed by atoms with Crippen LogP contribution in [0.2, 0.25) is 0 Å². The van der Waals surface area contributed by atoms with Gasteiger partial charge in [-0.2, -0.15) is 0 Å². The molecule has 0 radical (unpaired) electrons. The fourth-order valence-corrected chi connectivity index (χ4v) is 4.23. The summed E-state index contributed by atoms with van der Waals surface area (Å²) in [4.78, 5) is 27.7. The molecule has 3 rings (SSSR count). The van der Waals surface area contributed by atoms with E-state index in [4.69, 9.17) is 10.7 Å². The zero-order valence-electron chi connectivity index (χ0n) is 10.8. The third kappa shape index (κ3) is 2.64. The van der Waals surface area contributed by atoms with Gasteiger partial charge >= 0.3 is 0 Å². The maximum Gasteiger partial charge on any atom is 0.270 e. The smallest absolute Gasteiger partial charge is 0.270 e. The quantitative estimate of drug-likeness (QED) is 0.469. The molecule has 11 heteroatoms. The zero-order chi connectivity index (χ0) is 16.1. The number of hydrogen-bond donors (Lipinski definition) is 0. The number of rotatable bonds is 3. The van der Waals surface area contributed by atoms with Crippen LogP contribution in [0.4, 0.5) is 10.8 Å². The second-order valence-electron chi connectivity index (χ2n) is 4.71. The monoisotopic (exact) mass is 361 g/mol.